The lowest BCUT2D eigenvalue weighted by Gasteiger charge is -2.11. The number of benzene rings is 1. The number of hydrogen-bond donors (Lipinski definition) is 1. The molecule has 2 heteroatoms. The summed E-state index contributed by atoms with van der Waals surface area (Å²) in [6.07, 6.45) is 2.32. The highest BCUT2D eigenvalue weighted by Crippen LogP contribution is 2.19. The smallest absolute Gasteiger partial charge is 0.0180 e. The lowest BCUT2D eigenvalue weighted by Crippen LogP contribution is -2.20. The molecule has 0 saturated heterocycles. The summed E-state index contributed by atoms with van der Waals surface area (Å²) in [7, 11) is 2.19. The average molecular weight is 190 g/mol. The lowest BCUT2D eigenvalue weighted by atomic mass is 9.97. The van der Waals surface area contributed by atoms with Crippen LogP contribution in [0.25, 0.3) is 0 Å². The quantitative estimate of drug-likeness (QED) is 0.720. The van der Waals surface area contributed by atoms with Crippen molar-refractivity contribution in [1.29, 1.82) is 0 Å². The third kappa shape index (κ3) is 1.81. The second kappa shape index (κ2) is 4.11. The summed E-state index contributed by atoms with van der Waals surface area (Å²) < 4.78 is 0. The second-order valence-corrected chi connectivity index (χ2v) is 4.06. The van der Waals surface area contributed by atoms with E-state index in [9.17, 15) is 0 Å². The van der Waals surface area contributed by atoms with E-state index in [0.29, 0.717) is 6.54 Å². The Bertz CT molecular complexity index is 320. The maximum atomic E-state index is 5.75. The Kier molecular flexibility index (Phi) is 2.85. The number of nitrogens with zero attached hydrogens (tertiary/aromatic N) is 1. The highest BCUT2D eigenvalue weighted by molar-refractivity contribution is 5.36. The first-order valence-electron chi connectivity index (χ1n) is 5.29. The molecule has 0 amide bonds. The highest BCUT2D eigenvalue weighted by atomic mass is 15.1. The van der Waals surface area contributed by atoms with Gasteiger partial charge in [0.15, 0.2) is 0 Å². The normalized spacial score (nSPS) is 17.6. The van der Waals surface area contributed by atoms with Crippen LogP contribution in [0.5, 0.6) is 0 Å². The molecule has 14 heavy (non-hydrogen) atoms. The molecular formula is C12H18N2. The number of hydrogen-bond acceptors (Lipinski definition) is 2. The Morgan fingerprint density at radius 3 is 2.86 bits per heavy atom. The summed E-state index contributed by atoms with van der Waals surface area (Å²) in [5.41, 5.74) is 10.1. The van der Waals surface area contributed by atoms with E-state index in [-0.39, 0.29) is 0 Å². The van der Waals surface area contributed by atoms with Gasteiger partial charge in [-0.05, 0) is 36.6 Å². The van der Waals surface area contributed by atoms with Crippen molar-refractivity contribution in [2.75, 3.05) is 20.1 Å². The SMILES string of the molecule is CN1CCc2cccc(CN)c2CC1. The van der Waals surface area contributed by atoms with Crippen LogP contribution < -0.4 is 5.73 Å². The van der Waals surface area contributed by atoms with Gasteiger partial charge < -0.3 is 10.6 Å². The van der Waals surface area contributed by atoms with Crippen LogP contribution in [-0.2, 0) is 19.4 Å². The molecule has 0 radical (unpaired) electrons. The van der Waals surface area contributed by atoms with Crippen molar-refractivity contribution in [1.82, 2.24) is 4.90 Å². The maximum absolute atomic E-state index is 5.75. The molecule has 1 aliphatic heterocycles. The fourth-order valence-electron chi connectivity index (χ4n) is 2.16. The second-order valence-electron chi connectivity index (χ2n) is 4.06. The standard InChI is InChI=1S/C12H18N2/c1-14-7-5-10-3-2-4-11(9-13)12(10)6-8-14/h2-4H,5-9,13H2,1H3. The van der Waals surface area contributed by atoms with Crippen LogP contribution in [0.3, 0.4) is 0 Å². The predicted molar refractivity (Wildman–Crippen MR) is 59.2 cm³/mol. The van der Waals surface area contributed by atoms with Crippen LogP contribution in [0.4, 0.5) is 0 Å². The average Bonchev–Trinajstić information content (AvgIpc) is 2.41. The van der Waals surface area contributed by atoms with E-state index in [4.69, 9.17) is 5.73 Å². The number of nitrogens with two attached hydrogens (primary N) is 1. The van der Waals surface area contributed by atoms with E-state index >= 15 is 0 Å². The first-order valence-corrected chi connectivity index (χ1v) is 5.29. The van der Waals surface area contributed by atoms with Gasteiger partial charge in [0.05, 0.1) is 0 Å². The fourth-order valence-corrected chi connectivity index (χ4v) is 2.16. The van der Waals surface area contributed by atoms with Gasteiger partial charge >= 0.3 is 0 Å². The van der Waals surface area contributed by atoms with Gasteiger partial charge in [-0.15, -0.1) is 0 Å². The van der Waals surface area contributed by atoms with Crippen LogP contribution in [-0.4, -0.2) is 25.0 Å². The van der Waals surface area contributed by atoms with E-state index in [0.717, 1.165) is 13.0 Å². The van der Waals surface area contributed by atoms with E-state index in [1.165, 1.54) is 29.7 Å². The maximum Gasteiger partial charge on any atom is 0.0180 e. The fraction of sp³-hybridized carbons (Fsp3) is 0.500. The molecule has 2 N–H and O–H groups in total. The molecule has 0 fully saturated rings. The highest BCUT2D eigenvalue weighted by Gasteiger charge is 2.12. The number of likely N-dealkylation sites (N-methyl/N-ethyl adjacent to an activating group) is 1. The summed E-state index contributed by atoms with van der Waals surface area (Å²) in [5.74, 6) is 0. The molecule has 1 aromatic rings. The zero-order valence-corrected chi connectivity index (χ0v) is 8.79. The molecule has 76 valence electrons. The van der Waals surface area contributed by atoms with Gasteiger partial charge in [-0.3, -0.25) is 0 Å². The summed E-state index contributed by atoms with van der Waals surface area (Å²) in [6, 6.07) is 6.53. The van der Waals surface area contributed by atoms with Crippen LogP contribution in [0.1, 0.15) is 16.7 Å². The van der Waals surface area contributed by atoms with Gasteiger partial charge in [0.2, 0.25) is 0 Å². The van der Waals surface area contributed by atoms with Gasteiger partial charge in [-0.2, -0.15) is 0 Å². The molecule has 0 saturated carbocycles. The van der Waals surface area contributed by atoms with Crippen molar-refractivity contribution in [2.45, 2.75) is 19.4 Å². The van der Waals surface area contributed by atoms with Gasteiger partial charge in [0, 0.05) is 19.6 Å². The molecule has 0 atom stereocenters. The van der Waals surface area contributed by atoms with Gasteiger partial charge in [-0.25, -0.2) is 0 Å². The Labute approximate surface area is 85.7 Å². The molecule has 1 aromatic carbocycles. The van der Waals surface area contributed by atoms with E-state index in [1.54, 1.807) is 0 Å². The van der Waals surface area contributed by atoms with Crippen molar-refractivity contribution < 1.29 is 0 Å². The Balaban J connectivity index is 2.35. The minimum absolute atomic E-state index is 0.673. The zero-order valence-electron chi connectivity index (χ0n) is 8.79. The minimum Gasteiger partial charge on any atom is -0.326 e. The van der Waals surface area contributed by atoms with Gasteiger partial charge in [-0.1, -0.05) is 18.2 Å². The van der Waals surface area contributed by atoms with Gasteiger partial charge in [0.1, 0.15) is 0 Å². The largest absolute Gasteiger partial charge is 0.326 e. The first-order chi connectivity index (χ1) is 6.81. The number of fused-ring (bicyclic) bond motifs is 1. The van der Waals surface area contributed by atoms with Crippen LogP contribution >= 0.6 is 0 Å². The van der Waals surface area contributed by atoms with E-state index in [2.05, 4.69) is 30.1 Å². The lowest BCUT2D eigenvalue weighted by molar-refractivity contribution is 0.352. The first kappa shape index (κ1) is 9.69. The monoisotopic (exact) mass is 190 g/mol. The molecule has 1 heterocycles. The van der Waals surface area contributed by atoms with Crippen molar-refractivity contribution in [3.8, 4) is 0 Å². The molecule has 0 unspecified atom stereocenters. The minimum atomic E-state index is 0.673. The van der Waals surface area contributed by atoms with Crippen molar-refractivity contribution >= 4 is 0 Å². The van der Waals surface area contributed by atoms with Gasteiger partial charge in [0.25, 0.3) is 0 Å². The predicted octanol–water partition coefficient (Wildman–Crippen LogP) is 1.18. The zero-order chi connectivity index (χ0) is 9.97. The van der Waals surface area contributed by atoms with Crippen molar-refractivity contribution in [3.05, 3.63) is 34.9 Å². The summed E-state index contributed by atoms with van der Waals surface area (Å²) in [6.45, 7) is 3.00. The van der Waals surface area contributed by atoms with E-state index < -0.39 is 0 Å². The number of rotatable bonds is 1. The topological polar surface area (TPSA) is 29.3 Å². The van der Waals surface area contributed by atoms with Crippen LogP contribution in [0, 0.1) is 0 Å². The Hall–Kier alpha value is -0.860. The Morgan fingerprint density at radius 2 is 2.07 bits per heavy atom. The van der Waals surface area contributed by atoms with Crippen molar-refractivity contribution in [2.24, 2.45) is 5.73 Å². The molecule has 0 spiro atoms. The molecule has 0 bridgehead atoms. The third-order valence-electron chi connectivity index (χ3n) is 3.10. The summed E-state index contributed by atoms with van der Waals surface area (Å²) in [4.78, 5) is 2.39. The molecule has 0 aromatic heterocycles. The molecule has 2 rings (SSSR count). The third-order valence-corrected chi connectivity index (χ3v) is 3.10. The molecule has 0 aliphatic carbocycles. The van der Waals surface area contributed by atoms with E-state index in [1.807, 2.05) is 0 Å². The Morgan fingerprint density at radius 1 is 1.29 bits per heavy atom. The van der Waals surface area contributed by atoms with Crippen LogP contribution in [0.15, 0.2) is 18.2 Å². The molecule has 1 aliphatic rings. The molecular weight excluding hydrogens is 172 g/mol. The molecule has 2 nitrogen and oxygen atoms in total. The summed E-state index contributed by atoms with van der Waals surface area (Å²) in [5, 5.41) is 0. The van der Waals surface area contributed by atoms with Crippen molar-refractivity contribution in [3.63, 3.8) is 0 Å². The van der Waals surface area contributed by atoms with Crippen LogP contribution in [0.2, 0.25) is 0 Å². The summed E-state index contributed by atoms with van der Waals surface area (Å²) >= 11 is 0.